The average molecular weight is 384 g/mol. The third-order valence-corrected chi connectivity index (χ3v) is 4.24. The number of imidazole rings is 1. The van der Waals surface area contributed by atoms with Crippen molar-refractivity contribution < 1.29 is 14.3 Å². The van der Waals surface area contributed by atoms with Gasteiger partial charge < -0.3 is 15.0 Å². The molecule has 1 amide bonds. The van der Waals surface area contributed by atoms with Gasteiger partial charge in [0.15, 0.2) is 6.10 Å². The second-order valence-corrected chi connectivity index (χ2v) is 6.45. The Morgan fingerprint density at radius 1 is 1.19 bits per heavy atom. The van der Waals surface area contributed by atoms with Crippen molar-refractivity contribution in [2.45, 2.75) is 20.0 Å². The third-order valence-electron chi connectivity index (χ3n) is 4.00. The lowest BCUT2D eigenvalue weighted by Gasteiger charge is -2.15. The highest BCUT2D eigenvalue weighted by atomic mass is 35.5. The molecule has 0 bridgehead atoms. The van der Waals surface area contributed by atoms with Crippen LogP contribution >= 0.6 is 11.6 Å². The zero-order valence-electron chi connectivity index (χ0n) is 14.8. The number of nitrogens with one attached hydrogen (secondary N) is 2. The number of hydrogen-bond acceptors (Lipinski definition) is 4. The zero-order chi connectivity index (χ0) is 19.4. The van der Waals surface area contributed by atoms with Crippen molar-refractivity contribution >= 4 is 29.2 Å². The van der Waals surface area contributed by atoms with Crippen LogP contribution in [0.5, 0.6) is 0 Å². The van der Waals surface area contributed by atoms with Crippen molar-refractivity contribution in [3.05, 3.63) is 71.0 Å². The highest BCUT2D eigenvalue weighted by Crippen LogP contribution is 2.21. The van der Waals surface area contributed by atoms with Crippen LogP contribution in [0.15, 0.2) is 54.9 Å². The summed E-state index contributed by atoms with van der Waals surface area (Å²) in [5, 5.41) is 3.23. The summed E-state index contributed by atoms with van der Waals surface area (Å²) in [6.07, 6.45) is 2.42. The van der Waals surface area contributed by atoms with Gasteiger partial charge in [-0.15, -0.1) is 0 Å². The molecule has 27 heavy (non-hydrogen) atoms. The molecule has 0 saturated heterocycles. The first-order chi connectivity index (χ1) is 12.9. The van der Waals surface area contributed by atoms with Crippen molar-refractivity contribution in [1.82, 2.24) is 9.97 Å². The number of rotatable bonds is 5. The maximum absolute atomic E-state index is 12.3. The largest absolute Gasteiger partial charge is 0.449 e. The second-order valence-electron chi connectivity index (χ2n) is 6.01. The number of carbonyl (C=O) groups excluding carboxylic acids is 2. The fourth-order valence-corrected chi connectivity index (χ4v) is 2.60. The van der Waals surface area contributed by atoms with Crippen LogP contribution in [0.3, 0.4) is 0 Å². The predicted molar refractivity (Wildman–Crippen MR) is 104 cm³/mol. The van der Waals surface area contributed by atoms with E-state index in [1.165, 1.54) is 6.92 Å². The van der Waals surface area contributed by atoms with E-state index in [0.29, 0.717) is 22.1 Å². The smallest absolute Gasteiger partial charge is 0.338 e. The van der Waals surface area contributed by atoms with E-state index >= 15 is 0 Å². The van der Waals surface area contributed by atoms with Gasteiger partial charge in [0.1, 0.15) is 5.82 Å². The normalized spacial score (nSPS) is 11.7. The van der Waals surface area contributed by atoms with Gasteiger partial charge in [-0.05, 0) is 43.7 Å². The Labute approximate surface area is 161 Å². The van der Waals surface area contributed by atoms with Crippen LogP contribution in [0.1, 0.15) is 22.8 Å². The van der Waals surface area contributed by atoms with Crippen LogP contribution in [-0.2, 0) is 9.53 Å². The van der Waals surface area contributed by atoms with E-state index < -0.39 is 18.0 Å². The number of aromatic nitrogens is 2. The SMILES string of the molecule is Cc1ccc(Cl)cc1NC(=O)C(C)OC(=O)c1ccc(-c2ncc[nH]2)cc1. The second kappa shape index (κ2) is 8.05. The Bertz CT molecular complexity index is 953. The minimum Gasteiger partial charge on any atom is -0.449 e. The molecule has 0 radical (unpaired) electrons. The lowest BCUT2D eigenvalue weighted by molar-refractivity contribution is -0.123. The fraction of sp³-hybridized carbons (Fsp3) is 0.150. The lowest BCUT2D eigenvalue weighted by atomic mass is 10.1. The van der Waals surface area contributed by atoms with Gasteiger partial charge in [0.05, 0.1) is 5.56 Å². The number of carbonyl (C=O) groups is 2. The molecule has 1 heterocycles. The number of benzene rings is 2. The summed E-state index contributed by atoms with van der Waals surface area (Å²) < 4.78 is 5.26. The number of anilines is 1. The van der Waals surface area contributed by atoms with Crippen LogP contribution in [0.2, 0.25) is 5.02 Å². The maximum atomic E-state index is 12.3. The average Bonchev–Trinajstić information content (AvgIpc) is 3.19. The van der Waals surface area contributed by atoms with Gasteiger partial charge in [-0.25, -0.2) is 9.78 Å². The molecule has 1 aromatic heterocycles. The maximum Gasteiger partial charge on any atom is 0.338 e. The molecule has 0 saturated carbocycles. The van der Waals surface area contributed by atoms with Crippen LogP contribution in [0, 0.1) is 6.92 Å². The minimum atomic E-state index is -0.958. The van der Waals surface area contributed by atoms with Gasteiger partial charge in [-0.2, -0.15) is 0 Å². The molecule has 138 valence electrons. The molecule has 3 rings (SSSR count). The molecule has 2 N–H and O–H groups in total. The Kier molecular flexibility index (Phi) is 5.57. The molecule has 1 atom stereocenters. The van der Waals surface area contributed by atoms with Gasteiger partial charge in [0, 0.05) is 28.7 Å². The monoisotopic (exact) mass is 383 g/mol. The molecule has 0 aliphatic rings. The Hall–Kier alpha value is -3.12. The molecule has 0 aliphatic heterocycles. The fourth-order valence-electron chi connectivity index (χ4n) is 2.43. The number of amides is 1. The van der Waals surface area contributed by atoms with Crippen LogP contribution in [0.4, 0.5) is 5.69 Å². The van der Waals surface area contributed by atoms with E-state index in [9.17, 15) is 9.59 Å². The van der Waals surface area contributed by atoms with E-state index in [1.807, 2.05) is 6.92 Å². The van der Waals surface area contributed by atoms with E-state index in [4.69, 9.17) is 16.3 Å². The standard InChI is InChI=1S/C20H18ClN3O3/c1-12-3-8-16(21)11-17(12)24-19(25)13(2)27-20(26)15-6-4-14(5-7-15)18-22-9-10-23-18/h3-11,13H,1-2H3,(H,22,23)(H,24,25). The number of H-pyrrole nitrogens is 1. The molecular weight excluding hydrogens is 366 g/mol. The number of esters is 1. The van der Waals surface area contributed by atoms with Gasteiger partial charge in [-0.1, -0.05) is 29.8 Å². The van der Waals surface area contributed by atoms with Crippen molar-refractivity contribution in [2.75, 3.05) is 5.32 Å². The Morgan fingerprint density at radius 3 is 2.59 bits per heavy atom. The highest BCUT2D eigenvalue weighted by molar-refractivity contribution is 6.31. The molecule has 6 nitrogen and oxygen atoms in total. The topological polar surface area (TPSA) is 84.1 Å². The molecule has 3 aromatic rings. The molecule has 2 aromatic carbocycles. The lowest BCUT2D eigenvalue weighted by Crippen LogP contribution is -2.30. The Balaban J connectivity index is 1.63. The predicted octanol–water partition coefficient (Wildman–Crippen LogP) is 4.22. The summed E-state index contributed by atoms with van der Waals surface area (Å²) in [6.45, 7) is 3.37. The van der Waals surface area contributed by atoms with Gasteiger partial charge >= 0.3 is 5.97 Å². The molecule has 0 aliphatic carbocycles. The first kappa shape index (κ1) is 18.7. The Morgan fingerprint density at radius 2 is 1.93 bits per heavy atom. The number of aromatic amines is 1. The van der Waals surface area contributed by atoms with E-state index in [2.05, 4.69) is 15.3 Å². The van der Waals surface area contributed by atoms with Crippen LogP contribution < -0.4 is 5.32 Å². The van der Waals surface area contributed by atoms with Gasteiger partial charge in [0.2, 0.25) is 0 Å². The van der Waals surface area contributed by atoms with Crippen molar-refractivity contribution in [3.8, 4) is 11.4 Å². The van der Waals surface area contributed by atoms with E-state index in [1.54, 1.807) is 54.9 Å². The summed E-state index contributed by atoms with van der Waals surface area (Å²) in [4.78, 5) is 31.7. The van der Waals surface area contributed by atoms with E-state index in [0.717, 1.165) is 11.1 Å². The molecule has 7 heteroatoms. The summed E-state index contributed by atoms with van der Waals surface area (Å²) in [5.41, 5.74) is 2.64. The number of aryl methyl sites for hydroxylation is 1. The van der Waals surface area contributed by atoms with Crippen LogP contribution in [-0.4, -0.2) is 27.9 Å². The quantitative estimate of drug-likeness (QED) is 0.646. The summed E-state index contributed by atoms with van der Waals surface area (Å²) in [5.74, 6) is -0.299. The molecular formula is C20H18ClN3O3. The number of halogens is 1. The minimum absolute atomic E-state index is 0.351. The molecule has 0 fully saturated rings. The van der Waals surface area contributed by atoms with Crippen molar-refractivity contribution in [2.24, 2.45) is 0 Å². The summed E-state index contributed by atoms with van der Waals surface area (Å²) in [6, 6.07) is 12.0. The van der Waals surface area contributed by atoms with Crippen molar-refractivity contribution in [1.29, 1.82) is 0 Å². The first-order valence-corrected chi connectivity index (χ1v) is 8.69. The van der Waals surface area contributed by atoms with Gasteiger partial charge in [-0.3, -0.25) is 4.79 Å². The number of ether oxygens (including phenoxy) is 1. The highest BCUT2D eigenvalue weighted by Gasteiger charge is 2.20. The van der Waals surface area contributed by atoms with E-state index in [-0.39, 0.29) is 0 Å². The molecule has 0 spiro atoms. The summed E-state index contributed by atoms with van der Waals surface area (Å²) >= 11 is 5.95. The third kappa shape index (κ3) is 4.54. The number of hydrogen-bond donors (Lipinski definition) is 2. The molecule has 1 unspecified atom stereocenters. The van der Waals surface area contributed by atoms with Crippen molar-refractivity contribution in [3.63, 3.8) is 0 Å². The zero-order valence-corrected chi connectivity index (χ0v) is 15.6. The first-order valence-electron chi connectivity index (χ1n) is 8.32. The van der Waals surface area contributed by atoms with Crippen LogP contribution in [0.25, 0.3) is 11.4 Å². The van der Waals surface area contributed by atoms with Gasteiger partial charge in [0.25, 0.3) is 5.91 Å². The number of nitrogens with zero attached hydrogens (tertiary/aromatic N) is 1. The summed E-state index contributed by atoms with van der Waals surface area (Å²) in [7, 11) is 0.